The zero-order valence-corrected chi connectivity index (χ0v) is 16.0. The van der Waals surface area contributed by atoms with Crippen molar-refractivity contribution in [3.05, 3.63) is 29.8 Å². The van der Waals surface area contributed by atoms with E-state index in [2.05, 4.69) is 25.9 Å². The number of tetrazole rings is 1. The van der Waals surface area contributed by atoms with E-state index in [1.54, 1.807) is 0 Å². The summed E-state index contributed by atoms with van der Waals surface area (Å²) in [7, 11) is 0. The number of halogens is 1. The van der Waals surface area contributed by atoms with E-state index >= 15 is 0 Å². The second kappa shape index (κ2) is 7.69. The van der Waals surface area contributed by atoms with Gasteiger partial charge < -0.3 is 15.8 Å². The molecule has 0 spiro atoms. The Balaban J connectivity index is 0.00000243. The minimum Gasteiger partial charge on any atom is -0.378 e. The topological polar surface area (TPSA) is 119 Å². The largest absolute Gasteiger partial charge is 0.378 e. The summed E-state index contributed by atoms with van der Waals surface area (Å²) in [5, 5.41) is 16.8. The third-order valence-corrected chi connectivity index (χ3v) is 5.25. The number of ether oxygens (including phenoxy) is 1. The number of aromatic amines is 1. The van der Waals surface area contributed by atoms with Crippen molar-refractivity contribution in [2.45, 2.75) is 45.4 Å². The molecule has 2 unspecified atom stereocenters. The standard InChI is InChI=1S/C17H24N6O2.ClH/c1-4-25-13-9-17(18,16(13,2)3)15(24)19-10-11-5-7-12(8-6-11)14-20-22-23-21-14;/h5-8,13H,4,9-10,18H2,1-3H3,(H,19,24)(H,20,21,22,23);1H. The highest BCUT2D eigenvalue weighted by molar-refractivity contribution is 5.88. The quantitative estimate of drug-likeness (QED) is 0.697. The normalized spacial score (nSPS) is 23.6. The van der Waals surface area contributed by atoms with Crippen molar-refractivity contribution >= 4 is 18.3 Å². The number of benzene rings is 1. The first-order valence-electron chi connectivity index (χ1n) is 8.40. The lowest BCUT2D eigenvalue weighted by Gasteiger charge is -2.57. The Bertz CT molecular complexity index is 734. The van der Waals surface area contributed by atoms with Crippen LogP contribution in [0.1, 0.15) is 32.8 Å². The number of rotatable bonds is 6. The number of carbonyl (C=O) groups is 1. The van der Waals surface area contributed by atoms with Crippen molar-refractivity contribution in [1.29, 1.82) is 0 Å². The second-order valence-corrected chi connectivity index (χ2v) is 6.96. The fraction of sp³-hybridized carbons (Fsp3) is 0.529. The molecule has 9 heteroatoms. The zero-order valence-electron chi connectivity index (χ0n) is 15.2. The van der Waals surface area contributed by atoms with Crippen LogP contribution in [0.4, 0.5) is 0 Å². The van der Waals surface area contributed by atoms with Crippen LogP contribution in [-0.2, 0) is 16.1 Å². The Labute approximate surface area is 158 Å². The summed E-state index contributed by atoms with van der Waals surface area (Å²) in [6.45, 7) is 6.95. The van der Waals surface area contributed by atoms with Gasteiger partial charge in [0.25, 0.3) is 0 Å². The van der Waals surface area contributed by atoms with Crippen molar-refractivity contribution in [2.24, 2.45) is 11.1 Å². The predicted molar refractivity (Wildman–Crippen MR) is 99.4 cm³/mol. The number of H-pyrrole nitrogens is 1. The molecular weight excluding hydrogens is 356 g/mol. The molecule has 0 aliphatic heterocycles. The highest BCUT2D eigenvalue weighted by Crippen LogP contribution is 2.49. The molecule has 1 aromatic heterocycles. The van der Waals surface area contributed by atoms with Gasteiger partial charge in [0.2, 0.25) is 11.7 Å². The first kappa shape index (κ1) is 20.3. The number of carbonyl (C=O) groups excluding carboxylic acids is 1. The Morgan fingerprint density at radius 2 is 2.08 bits per heavy atom. The van der Waals surface area contributed by atoms with Gasteiger partial charge in [-0.1, -0.05) is 38.1 Å². The van der Waals surface area contributed by atoms with E-state index in [-0.39, 0.29) is 24.4 Å². The summed E-state index contributed by atoms with van der Waals surface area (Å²) in [4.78, 5) is 12.6. The minimum atomic E-state index is -0.905. The smallest absolute Gasteiger partial charge is 0.241 e. The zero-order chi connectivity index (χ0) is 18.1. The van der Waals surface area contributed by atoms with Gasteiger partial charge in [-0.3, -0.25) is 4.79 Å². The predicted octanol–water partition coefficient (Wildman–Crippen LogP) is 1.44. The van der Waals surface area contributed by atoms with Crippen LogP contribution < -0.4 is 11.1 Å². The Kier molecular flexibility index (Phi) is 6.00. The summed E-state index contributed by atoms with van der Waals surface area (Å²) in [5.41, 5.74) is 6.91. The van der Waals surface area contributed by atoms with Crippen LogP contribution in [0.15, 0.2) is 24.3 Å². The molecule has 26 heavy (non-hydrogen) atoms. The van der Waals surface area contributed by atoms with Gasteiger partial charge in [0.15, 0.2) is 0 Å². The van der Waals surface area contributed by atoms with E-state index in [4.69, 9.17) is 10.5 Å². The number of nitrogens with zero attached hydrogens (tertiary/aromatic N) is 3. The Hall–Kier alpha value is -2.03. The van der Waals surface area contributed by atoms with E-state index in [0.717, 1.165) is 11.1 Å². The number of aromatic nitrogens is 4. The third kappa shape index (κ3) is 3.44. The van der Waals surface area contributed by atoms with Crippen LogP contribution >= 0.6 is 12.4 Å². The molecule has 1 amide bonds. The van der Waals surface area contributed by atoms with Crippen LogP contribution in [-0.4, -0.2) is 44.8 Å². The molecule has 0 saturated heterocycles. The minimum absolute atomic E-state index is 0. The SMILES string of the molecule is CCOC1CC(N)(C(=O)NCc2ccc(-c3nn[nH]n3)cc2)C1(C)C.Cl. The van der Waals surface area contributed by atoms with Crippen LogP contribution in [0.3, 0.4) is 0 Å². The Morgan fingerprint density at radius 3 is 2.62 bits per heavy atom. The lowest BCUT2D eigenvalue weighted by Crippen LogP contribution is -2.75. The van der Waals surface area contributed by atoms with E-state index < -0.39 is 11.0 Å². The average Bonchev–Trinajstić information content (AvgIpc) is 3.14. The molecule has 0 radical (unpaired) electrons. The molecule has 8 nitrogen and oxygen atoms in total. The molecule has 1 heterocycles. The fourth-order valence-corrected chi connectivity index (χ4v) is 3.22. The van der Waals surface area contributed by atoms with Gasteiger partial charge in [-0.2, -0.15) is 5.21 Å². The summed E-state index contributed by atoms with van der Waals surface area (Å²) in [6.07, 6.45) is 0.554. The molecule has 3 rings (SSSR count). The first-order valence-corrected chi connectivity index (χ1v) is 8.40. The van der Waals surface area contributed by atoms with Gasteiger partial charge in [0.1, 0.15) is 5.54 Å². The lowest BCUT2D eigenvalue weighted by atomic mass is 9.54. The summed E-state index contributed by atoms with van der Waals surface area (Å²) < 4.78 is 5.67. The van der Waals surface area contributed by atoms with Gasteiger partial charge >= 0.3 is 0 Å². The third-order valence-electron chi connectivity index (χ3n) is 5.25. The maximum Gasteiger partial charge on any atom is 0.241 e. The van der Waals surface area contributed by atoms with Crippen LogP contribution in [0.5, 0.6) is 0 Å². The van der Waals surface area contributed by atoms with Crippen molar-refractivity contribution in [2.75, 3.05) is 6.61 Å². The molecule has 1 aromatic carbocycles. The monoisotopic (exact) mass is 380 g/mol. The molecule has 2 aromatic rings. The van der Waals surface area contributed by atoms with Crippen LogP contribution in [0, 0.1) is 5.41 Å². The maximum absolute atomic E-state index is 12.6. The number of amides is 1. The Morgan fingerprint density at radius 1 is 1.38 bits per heavy atom. The maximum atomic E-state index is 12.6. The molecule has 4 N–H and O–H groups in total. The van der Waals surface area contributed by atoms with Gasteiger partial charge in [-0.15, -0.1) is 22.6 Å². The summed E-state index contributed by atoms with van der Waals surface area (Å²) >= 11 is 0. The first-order chi connectivity index (χ1) is 11.9. The van der Waals surface area contributed by atoms with Gasteiger partial charge in [-0.05, 0) is 17.7 Å². The van der Waals surface area contributed by atoms with Gasteiger partial charge in [0.05, 0.1) is 6.10 Å². The number of nitrogens with one attached hydrogen (secondary N) is 2. The summed E-state index contributed by atoms with van der Waals surface area (Å²) in [5.74, 6) is 0.394. The van der Waals surface area contributed by atoms with E-state index in [0.29, 0.717) is 25.4 Å². The van der Waals surface area contributed by atoms with Crippen molar-refractivity contribution in [3.63, 3.8) is 0 Å². The van der Waals surface area contributed by atoms with Gasteiger partial charge in [-0.25, -0.2) is 0 Å². The van der Waals surface area contributed by atoms with Crippen molar-refractivity contribution in [3.8, 4) is 11.4 Å². The molecule has 2 atom stereocenters. The molecule has 0 bridgehead atoms. The highest BCUT2D eigenvalue weighted by Gasteiger charge is 2.62. The lowest BCUT2D eigenvalue weighted by molar-refractivity contribution is -0.170. The van der Waals surface area contributed by atoms with Crippen LogP contribution in [0.25, 0.3) is 11.4 Å². The summed E-state index contributed by atoms with van der Waals surface area (Å²) in [6, 6.07) is 7.63. The van der Waals surface area contributed by atoms with Crippen LogP contribution in [0.2, 0.25) is 0 Å². The molecule has 1 saturated carbocycles. The van der Waals surface area contributed by atoms with E-state index in [1.165, 1.54) is 0 Å². The fourth-order valence-electron chi connectivity index (χ4n) is 3.22. The van der Waals surface area contributed by atoms with Crippen molar-refractivity contribution < 1.29 is 9.53 Å². The molecule has 1 aliphatic carbocycles. The van der Waals surface area contributed by atoms with E-state index in [1.807, 2.05) is 45.0 Å². The number of hydrogen-bond donors (Lipinski definition) is 3. The number of nitrogens with two attached hydrogens (primary N) is 1. The van der Waals surface area contributed by atoms with Crippen molar-refractivity contribution in [1.82, 2.24) is 25.9 Å². The number of hydrogen-bond acceptors (Lipinski definition) is 6. The average molecular weight is 381 g/mol. The molecule has 142 valence electrons. The molecule has 1 fully saturated rings. The van der Waals surface area contributed by atoms with E-state index in [9.17, 15) is 4.79 Å². The second-order valence-electron chi connectivity index (χ2n) is 6.96. The molecular formula is C17H25ClN6O2. The highest BCUT2D eigenvalue weighted by atomic mass is 35.5. The van der Waals surface area contributed by atoms with Gasteiger partial charge in [0, 0.05) is 30.6 Å². The molecule has 1 aliphatic rings.